The average molecular weight is 246 g/mol. The number of ketones is 1. The molecule has 0 atom stereocenters. The number of Topliss-reactive ketones (excluding diaryl/α,β-unsaturated/α-hetero) is 1. The molecule has 3 nitrogen and oxygen atoms in total. The third-order valence-corrected chi connectivity index (χ3v) is 3.64. The number of nitrogens with zero attached hydrogens (tertiary/aromatic N) is 2. The predicted molar refractivity (Wildman–Crippen MR) is 75.4 cm³/mol. The van der Waals surface area contributed by atoms with Gasteiger partial charge in [-0.1, -0.05) is 12.1 Å². The molecule has 1 aliphatic rings. The lowest BCUT2D eigenvalue weighted by Crippen LogP contribution is -2.32. The van der Waals surface area contributed by atoms with E-state index in [2.05, 4.69) is 16.8 Å². The number of likely N-dealkylation sites (N-methyl/N-ethyl adjacent to an activating group) is 1. The molecule has 0 radical (unpaired) electrons. The third kappa shape index (κ3) is 3.10. The second-order valence-corrected chi connectivity index (χ2v) is 5.04. The van der Waals surface area contributed by atoms with E-state index in [-0.39, 0.29) is 5.78 Å². The molecule has 0 amide bonds. The number of likely N-dealkylation sites (tertiary alicyclic amines) is 1. The summed E-state index contributed by atoms with van der Waals surface area (Å²) in [7, 11) is 2.07. The molecule has 2 rings (SSSR count). The molecule has 1 aliphatic heterocycles. The van der Waals surface area contributed by atoms with Gasteiger partial charge in [0.1, 0.15) is 0 Å². The summed E-state index contributed by atoms with van der Waals surface area (Å²) in [6.07, 6.45) is 2.65. The van der Waals surface area contributed by atoms with Crippen molar-refractivity contribution in [3.8, 4) is 0 Å². The highest BCUT2D eigenvalue weighted by Crippen LogP contribution is 2.19. The molecule has 0 aliphatic carbocycles. The number of carbonyl (C=O) groups is 1. The van der Waals surface area contributed by atoms with E-state index in [1.54, 1.807) is 6.92 Å². The fourth-order valence-corrected chi connectivity index (χ4v) is 2.52. The van der Waals surface area contributed by atoms with Crippen molar-refractivity contribution in [1.82, 2.24) is 4.90 Å². The molecule has 0 bridgehead atoms. The second kappa shape index (κ2) is 6.01. The van der Waals surface area contributed by atoms with Crippen LogP contribution >= 0.6 is 0 Å². The Morgan fingerprint density at radius 3 is 2.61 bits per heavy atom. The summed E-state index contributed by atoms with van der Waals surface area (Å²) in [5, 5.41) is 0. The number of benzene rings is 1. The van der Waals surface area contributed by atoms with E-state index in [9.17, 15) is 4.79 Å². The number of carbonyl (C=O) groups excluding carboxylic acids is 1. The Morgan fingerprint density at radius 2 is 1.94 bits per heavy atom. The highest BCUT2D eigenvalue weighted by atomic mass is 16.1. The Hall–Kier alpha value is -1.35. The van der Waals surface area contributed by atoms with Crippen LogP contribution in [0.2, 0.25) is 0 Å². The largest absolute Gasteiger partial charge is 0.373 e. The first-order chi connectivity index (χ1) is 8.68. The zero-order chi connectivity index (χ0) is 13.0. The molecule has 3 heteroatoms. The SMILES string of the molecule is CC(=O)c1ccccc1N(C)CCN1CCCC1. The number of hydrogen-bond donors (Lipinski definition) is 0. The maximum absolute atomic E-state index is 11.6. The topological polar surface area (TPSA) is 23.6 Å². The standard InChI is InChI=1S/C15H22N2O/c1-13(18)14-7-3-4-8-15(14)16(2)11-12-17-9-5-6-10-17/h3-4,7-8H,5-6,9-12H2,1-2H3. The maximum atomic E-state index is 11.6. The summed E-state index contributed by atoms with van der Waals surface area (Å²) >= 11 is 0. The van der Waals surface area contributed by atoms with Crippen molar-refractivity contribution in [2.75, 3.05) is 38.1 Å². The van der Waals surface area contributed by atoms with Crippen LogP contribution in [0.15, 0.2) is 24.3 Å². The van der Waals surface area contributed by atoms with Gasteiger partial charge in [-0.05, 0) is 45.0 Å². The molecule has 0 N–H and O–H groups in total. The molecule has 1 fully saturated rings. The fourth-order valence-electron chi connectivity index (χ4n) is 2.52. The molecule has 18 heavy (non-hydrogen) atoms. The van der Waals surface area contributed by atoms with Gasteiger partial charge in [0.15, 0.2) is 5.78 Å². The first-order valence-corrected chi connectivity index (χ1v) is 6.72. The molecule has 1 aromatic carbocycles. The summed E-state index contributed by atoms with van der Waals surface area (Å²) in [5.41, 5.74) is 1.87. The number of para-hydroxylation sites is 1. The van der Waals surface area contributed by atoms with Crippen molar-refractivity contribution in [2.24, 2.45) is 0 Å². The third-order valence-electron chi connectivity index (χ3n) is 3.64. The molecule has 0 aromatic heterocycles. The lowest BCUT2D eigenvalue weighted by Gasteiger charge is -2.24. The van der Waals surface area contributed by atoms with Crippen molar-refractivity contribution in [3.63, 3.8) is 0 Å². The van der Waals surface area contributed by atoms with Crippen molar-refractivity contribution in [3.05, 3.63) is 29.8 Å². The van der Waals surface area contributed by atoms with Gasteiger partial charge in [0.2, 0.25) is 0 Å². The zero-order valence-electron chi connectivity index (χ0n) is 11.4. The minimum Gasteiger partial charge on any atom is -0.373 e. The number of hydrogen-bond acceptors (Lipinski definition) is 3. The fraction of sp³-hybridized carbons (Fsp3) is 0.533. The Kier molecular flexibility index (Phi) is 4.37. The van der Waals surface area contributed by atoms with Gasteiger partial charge in [0.25, 0.3) is 0 Å². The monoisotopic (exact) mass is 246 g/mol. The van der Waals surface area contributed by atoms with Crippen LogP contribution in [-0.2, 0) is 0 Å². The maximum Gasteiger partial charge on any atom is 0.161 e. The Labute approximate surface area is 109 Å². The lowest BCUT2D eigenvalue weighted by atomic mass is 10.1. The molecular formula is C15H22N2O. The Bertz CT molecular complexity index is 411. The van der Waals surface area contributed by atoms with Crippen LogP contribution in [0.1, 0.15) is 30.1 Å². The lowest BCUT2D eigenvalue weighted by molar-refractivity contribution is 0.101. The summed E-state index contributed by atoms with van der Waals surface area (Å²) in [4.78, 5) is 16.3. The smallest absolute Gasteiger partial charge is 0.161 e. The van der Waals surface area contributed by atoms with Gasteiger partial charge < -0.3 is 9.80 Å². The van der Waals surface area contributed by atoms with Crippen LogP contribution in [0.3, 0.4) is 0 Å². The van der Waals surface area contributed by atoms with E-state index in [1.807, 2.05) is 24.3 Å². The summed E-state index contributed by atoms with van der Waals surface area (Å²) in [6, 6.07) is 7.85. The summed E-state index contributed by atoms with van der Waals surface area (Å²) < 4.78 is 0. The first kappa shape index (κ1) is 13.1. The molecule has 1 heterocycles. The van der Waals surface area contributed by atoms with Gasteiger partial charge in [-0.25, -0.2) is 0 Å². The van der Waals surface area contributed by atoms with Crippen molar-refractivity contribution >= 4 is 11.5 Å². The number of anilines is 1. The van der Waals surface area contributed by atoms with Gasteiger partial charge in [-0.3, -0.25) is 4.79 Å². The Balaban J connectivity index is 1.99. The van der Waals surface area contributed by atoms with Crippen LogP contribution in [-0.4, -0.2) is 43.9 Å². The summed E-state index contributed by atoms with van der Waals surface area (Å²) in [5.74, 6) is 0.138. The molecule has 1 saturated heterocycles. The van der Waals surface area contributed by atoms with Crippen LogP contribution in [0, 0.1) is 0 Å². The van der Waals surface area contributed by atoms with Crippen LogP contribution < -0.4 is 4.90 Å². The van der Waals surface area contributed by atoms with Gasteiger partial charge in [0.05, 0.1) is 0 Å². The highest BCUT2D eigenvalue weighted by Gasteiger charge is 2.14. The summed E-state index contributed by atoms with van der Waals surface area (Å²) in [6.45, 7) is 6.14. The van der Waals surface area contributed by atoms with Crippen LogP contribution in [0.4, 0.5) is 5.69 Å². The first-order valence-electron chi connectivity index (χ1n) is 6.72. The zero-order valence-corrected chi connectivity index (χ0v) is 11.4. The molecule has 1 aromatic rings. The van der Waals surface area contributed by atoms with Crippen molar-refractivity contribution in [1.29, 1.82) is 0 Å². The van der Waals surface area contributed by atoms with E-state index in [4.69, 9.17) is 0 Å². The van der Waals surface area contributed by atoms with E-state index in [0.29, 0.717) is 0 Å². The molecular weight excluding hydrogens is 224 g/mol. The van der Waals surface area contributed by atoms with Gasteiger partial charge in [-0.2, -0.15) is 0 Å². The van der Waals surface area contributed by atoms with E-state index < -0.39 is 0 Å². The van der Waals surface area contributed by atoms with E-state index >= 15 is 0 Å². The Morgan fingerprint density at radius 1 is 1.28 bits per heavy atom. The minimum atomic E-state index is 0.138. The van der Waals surface area contributed by atoms with Crippen LogP contribution in [0.5, 0.6) is 0 Å². The minimum absolute atomic E-state index is 0.138. The quantitative estimate of drug-likeness (QED) is 0.745. The van der Waals surface area contributed by atoms with E-state index in [0.717, 1.165) is 24.3 Å². The molecule has 98 valence electrons. The second-order valence-electron chi connectivity index (χ2n) is 5.04. The van der Waals surface area contributed by atoms with E-state index in [1.165, 1.54) is 25.9 Å². The normalized spacial score (nSPS) is 15.9. The molecule has 0 spiro atoms. The van der Waals surface area contributed by atoms with Crippen LogP contribution in [0.25, 0.3) is 0 Å². The molecule has 0 saturated carbocycles. The van der Waals surface area contributed by atoms with Gasteiger partial charge in [-0.15, -0.1) is 0 Å². The predicted octanol–water partition coefficient (Wildman–Crippen LogP) is 2.42. The van der Waals surface area contributed by atoms with Crippen molar-refractivity contribution < 1.29 is 4.79 Å². The molecule has 0 unspecified atom stereocenters. The number of rotatable bonds is 5. The van der Waals surface area contributed by atoms with Gasteiger partial charge >= 0.3 is 0 Å². The average Bonchev–Trinajstić information content (AvgIpc) is 2.89. The van der Waals surface area contributed by atoms with Crippen molar-refractivity contribution in [2.45, 2.75) is 19.8 Å². The highest BCUT2D eigenvalue weighted by molar-refractivity contribution is 5.99. The van der Waals surface area contributed by atoms with Gasteiger partial charge in [0, 0.05) is 31.4 Å².